The lowest BCUT2D eigenvalue weighted by Crippen LogP contribution is -2.26. The molecule has 1 heterocycles. The average molecular weight is 256 g/mol. The van der Waals surface area contributed by atoms with E-state index in [9.17, 15) is 18.0 Å². The molecule has 2 nitrogen and oxygen atoms in total. The molecule has 0 saturated carbocycles. The van der Waals surface area contributed by atoms with E-state index in [0.717, 1.165) is 12.3 Å². The third kappa shape index (κ3) is 3.22. The molecule has 0 radical (unpaired) electrons. The molecular weight excluding hydrogens is 251 g/mol. The van der Waals surface area contributed by atoms with Crippen molar-refractivity contribution in [3.63, 3.8) is 0 Å². The predicted molar refractivity (Wildman–Crippen MR) is 44.5 cm³/mol. The van der Waals surface area contributed by atoms with E-state index in [1.165, 1.54) is 6.07 Å². The first-order valence-electron chi connectivity index (χ1n) is 3.31. The van der Waals surface area contributed by atoms with Crippen LogP contribution in [-0.2, 0) is 6.54 Å². The van der Waals surface area contributed by atoms with E-state index in [1.807, 2.05) is 0 Å². The Kier molecular flexibility index (Phi) is 2.80. The van der Waals surface area contributed by atoms with Crippen molar-refractivity contribution < 1.29 is 13.2 Å². The fourth-order valence-electron chi connectivity index (χ4n) is 0.819. The number of alkyl halides is 3. The molecule has 0 aliphatic rings. The minimum atomic E-state index is -4.37. The van der Waals surface area contributed by atoms with Crippen LogP contribution in [0.5, 0.6) is 0 Å². The zero-order chi connectivity index (χ0) is 10.1. The summed E-state index contributed by atoms with van der Waals surface area (Å²) in [5.41, 5.74) is -0.666. The van der Waals surface area contributed by atoms with Gasteiger partial charge in [-0.3, -0.25) is 4.79 Å². The van der Waals surface area contributed by atoms with Gasteiger partial charge in [-0.15, -0.1) is 0 Å². The van der Waals surface area contributed by atoms with E-state index in [1.54, 1.807) is 0 Å². The topological polar surface area (TPSA) is 22.0 Å². The number of rotatable bonds is 1. The molecule has 0 unspecified atom stereocenters. The molecule has 1 aromatic rings. The number of hydrogen-bond acceptors (Lipinski definition) is 1. The molecule has 0 fully saturated rings. The number of pyridine rings is 1. The van der Waals surface area contributed by atoms with Crippen molar-refractivity contribution in [3.05, 3.63) is 33.2 Å². The molecule has 0 atom stereocenters. The lowest BCUT2D eigenvalue weighted by molar-refractivity contribution is -0.141. The monoisotopic (exact) mass is 255 g/mol. The molecule has 72 valence electrons. The van der Waals surface area contributed by atoms with Gasteiger partial charge >= 0.3 is 6.18 Å². The Morgan fingerprint density at radius 3 is 2.54 bits per heavy atom. The fraction of sp³-hybridized carbons (Fsp3) is 0.286. The van der Waals surface area contributed by atoms with Crippen LogP contribution < -0.4 is 5.56 Å². The summed E-state index contributed by atoms with van der Waals surface area (Å²) in [6, 6.07) is 2.48. The largest absolute Gasteiger partial charge is 0.406 e. The SMILES string of the molecule is O=c1ccc(Br)cn1CC(F)(F)F. The van der Waals surface area contributed by atoms with Crippen LogP contribution in [0.4, 0.5) is 13.2 Å². The summed E-state index contributed by atoms with van der Waals surface area (Å²) < 4.78 is 36.7. The molecule has 0 N–H and O–H groups in total. The molecule has 0 aromatic carbocycles. The maximum atomic E-state index is 11.9. The molecule has 1 rings (SSSR count). The van der Waals surface area contributed by atoms with Crippen molar-refractivity contribution in [2.75, 3.05) is 0 Å². The van der Waals surface area contributed by atoms with Gasteiger partial charge in [-0.05, 0) is 22.0 Å². The predicted octanol–water partition coefficient (Wildman–Crippen LogP) is 2.17. The van der Waals surface area contributed by atoms with Gasteiger partial charge in [-0.1, -0.05) is 0 Å². The number of nitrogens with zero attached hydrogens (tertiary/aromatic N) is 1. The van der Waals surface area contributed by atoms with Crippen molar-refractivity contribution in [3.8, 4) is 0 Å². The first-order chi connectivity index (χ1) is 5.88. The Morgan fingerprint density at radius 1 is 1.38 bits per heavy atom. The minimum absolute atomic E-state index is 0.441. The fourth-order valence-corrected chi connectivity index (χ4v) is 1.20. The van der Waals surface area contributed by atoms with Crippen LogP contribution in [0.3, 0.4) is 0 Å². The quantitative estimate of drug-likeness (QED) is 0.754. The number of aromatic nitrogens is 1. The van der Waals surface area contributed by atoms with Crippen molar-refractivity contribution in [1.29, 1.82) is 0 Å². The van der Waals surface area contributed by atoms with Crippen molar-refractivity contribution in [2.45, 2.75) is 12.7 Å². The van der Waals surface area contributed by atoms with Gasteiger partial charge in [0.15, 0.2) is 0 Å². The van der Waals surface area contributed by atoms with Crippen LogP contribution in [0.15, 0.2) is 27.6 Å². The second-order valence-corrected chi connectivity index (χ2v) is 3.34. The molecule has 6 heteroatoms. The second-order valence-electron chi connectivity index (χ2n) is 2.43. The van der Waals surface area contributed by atoms with Crippen LogP contribution in [-0.4, -0.2) is 10.7 Å². The highest BCUT2D eigenvalue weighted by atomic mass is 79.9. The molecule has 0 saturated heterocycles. The maximum Gasteiger partial charge on any atom is 0.406 e. The van der Waals surface area contributed by atoms with Crippen LogP contribution >= 0.6 is 15.9 Å². The van der Waals surface area contributed by atoms with Crippen molar-refractivity contribution in [2.24, 2.45) is 0 Å². The van der Waals surface area contributed by atoms with E-state index in [4.69, 9.17) is 0 Å². The first kappa shape index (κ1) is 10.3. The van der Waals surface area contributed by atoms with E-state index in [2.05, 4.69) is 15.9 Å². The third-order valence-corrected chi connectivity index (χ3v) is 1.77. The van der Waals surface area contributed by atoms with Crippen molar-refractivity contribution >= 4 is 15.9 Å². The summed E-state index contributed by atoms with van der Waals surface area (Å²) in [7, 11) is 0. The highest BCUT2D eigenvalue weighted by Crippen LogP contribution is 2.17. The van der Waals surface area contributed by atoms with Crippen LogP contribution in [0.25, 0.3) is 0 Å². The summed E-state index contributed by atoms with van der Waals surface area (Å²) in [4.78, 5) is 10.9. The van der Waals surface area contributed by atoms with Gasteiger partial charge in [-0.2, -0.15) is 13.2 Å². The van der Waals surface area contributed by atoms with Gasteiger partial charge in [0, 0.05) is 16.7 Å². The molecular formula is C7H5BrF3NO. The molecule has 0 aliphatic heterocycles. The van der Waals surface area contributed by atoms with Gasteiger partial charge in [0.05, 0.1) is 0 Å². The summed E-state index contributed by atoms with van der Waals surface area (Å²) in [5.74, 6) is 0. The molecule has 0 amide bonds. The Morgan fingerprint density at radius 2 is 2.00 bits per heavy atom. The lowest BCUT2D eigenvalue weighted by Gasteiger charge is -2.08. The average Bonchev–Trinajstić information content (AvgIpc) is 1.94. The number of halogens is 4. The van der Waals surface area contributed by atoms with E-state index in [0.29, 0.717) is 9.04 Å². The summed E-state index contributed by atoms with van der Waals surface area (Å²) in [6.07, 6.45) is -3.26. The van der Waals surface area contributed by atoms with Gasteiger partial charge in [0.1, 0.15) is 6.54 Å². The summed E-state index contributed by atoms with van der Waals surface area (Å²) in [6.45, 7) is -1.26. The van der Waals surface area contributed by atoms with Gasteiger partial charge in [0.25, 0.3) is 5.56 Å². The van der Waals surface area contributed by atoms with Gasteiger partial charge < -0.3 is 4.57 Å². The van der Waals surface area contributed by atoms with Gasteiger partial charge in [0.2, 0.25) is 0 Å². The molecule has 13 heavy (non-hydrogen) atoms. The minimum Gasteiger partial charge on any atom is -0.305 e. The standard InChI is InChI=1S/C7H5BrF3NO/c8-5-1-2-6(13)12(3-5)4-7(9,10)11/h1-3H,4H2. The summed E-state index contributed by atoms with van der Waals surface area (Å²) >= 11 is 2.98. The van der Waals surface area contributed by atoms with E-state index < -0.39 is 18.3 Å². The van der Waals surface area contributed by atoms with Crippen LogP contribution in [0.2, 0.25) is 0 Å². The molecule has 0 spiro atoms. The lowest BCUT2D eigenvalue weighted by atomic mass is 10.4. The number of hydrogen-bond donors (Lipinski definition) is 0. The second kappa shape index (κ2) is 3.53. The molecule has 0 aliphatic carbocycles. The first-order valence-corrected chi connectivity index (χ1v) is 4.10. The maximum absolute atomic E-state index is 11.9. The van der Waals surface area contributed by atoms with Gasteiger partial charge in [-0.25, -0.2) is 0 Å². The van der Waals surface area contributed by atoms with E-state index in [-0.39, 0.29) is 0 Å². The third-order valence-electron chi connectivity index (χ3n) is 1.30. The normalized spacial score (nSPS) is 11.7. The Labute approximate surface area is 80.1 Å². The highest BCUT2D eigenvalue weighted by molar-refractivity contribution is 9.10. The molecule has 0 bridgehead atoms. The Hall–Kier alpha value is -0.780. The Bertz CT molecular complexity index is 357. The molecule has 1 aromatic heterocycles. The van der Waals surface area contributed by atoms with E-state index >= 15 is 0 Å². The van der Waals surface area contributed by atoms with Crippen molar-refractivity contribution in [1.82, 2.24) is 4.57 Å². The zero-order valence-corrected chi connectivity index (χ0v) is 7.89. The Balaban J connectivity index is 3.01. The highest BCUT2D eigenvalue weighted by Gasteiger charge is 2.28. The zero-order valence-electron chi connectivity index (χ0n) is 6.31. The van der Waals surface area contributed by atoms with Crippen LogP contribution in [0.1, 0.15) is 0 Å². The summed E-state index contributed by atoms with van der Waals surface area (Å²) in [5, 5.41) is 0. The van der Waals surface area contributed by atoms with Crippen LogP contribution in [0, 0.1) is 0 Å². The smallest absolute Gasteiger partial charge is 0.305 e.